The molecule has 2 unspecified atom stereocenters. The number of rotatable bonds is 8. The minimum Gasteiger partial charge on any atom is -0.466 e. The molecule has 0 aromatic heterocycles. The van der Waals surface area contributed by atoms with E-state index in [9.17, 15) is 4.79 Å². The van der Waals surface area contributed by atoms with Crippen LogP contribution in [0.5, 0.6) is 0 Å². The summed E-state index contributed by atoms with van der Waals surface area (Å²) in [4.78, 5) is 11.6. The molecule has 135 valence electrons. The first kappa shape index (κ1) is 18.4. The van der Waals surface area contributed by atoms with E-state index in [0.29, 0.717) is 12.5 Å². The maximum Gasteiger partial charge on any atom is 0.308 e. The van der Waals surface area contributed by atoms with Crippen molar-refractivity contribution in [2.45, 2.75) is 31.6 Å². The van der Waals surface area contributed by atoms with Crippen molar-refractivity contribution in [1.82, 2.24) is 0 Å². The van der Waals surface area contributed by atoms with Crippen molar-refractivity contribution in [2.24, 2.45) is 11.8 Å². The van der Waals surface area contributed by atoms with Crippen LogP contribution in [0.25, 0.3) is 0 Å². The van der Waals surface area contributed by atoms with Crippen molar-refractivity contribution in [3.8, 4) is 0 Å². The molecule has 0 N–H and O–H groups in total. The zero-order valence-electron chi connectivity index (χ0n) is 15.4. The number of carbonyl (C=O) groups excluding carboxylic acids is 1. The molecule has 0 bridgehead atoms. The Balaban J connectivity index is 1.67. The number of ether oxygens (including phenoxy) is 1. The van der Waals surface area contributed by atoms with Gasteiger partial charge in [-0.15, -0.1) is 0 Å². The van der Waals surface area contributed by atoms with Crippen LogP contribution in [0.3, 0.4) is 0 Å². The van der Waals surface area contributed by atoms with Gasteiger partial charge in [-0.3, -0.25) is 4.79 Å². The quantitative estimate of drug-likeness (QED) is 0.476. The Bertz CT molecular complexity index is 694. The minimum atomic E-state index is -0.285. The normalized spacial score (nSPS) is 19.2. The van der Waals surface area contributed by atoms with E-state index in [4.69, 9.17) is 4.74 Å². The van der Waals surface area contributed by atoms with Crippen LogP contribution >= 0.6 is 0 Å². The molecule has 3 rings (SSSR count). The van der Waals surface area contributed by atoms with E-state index in [-0.39, 0.29) is 17.3 Å². The summed E-state index contributed by atoms with van der Waals surface area (Å²) in [5.41, 5.74) is 2.84. The number of benzene rings is 2. The second-order valence-corrected chi connectivity index (χ2v) is 6.97. The van der Waals surface area contributed by atoms with Gasteiger partial charge in [0.2, 0.25) is 0 Å². The summed E-state index contributed by atoms with van der Waals surface area (Å²) in [6, 6.07) is 21.5. The fraction of sp³-hybridized carbons (Fsp3) is 0.333. The van der Waals surface area contributed by atoms with Crippen LogP contribution in [-0.2, 0) is 14.9 Å². The predicted octanol–water partition coefficient (Wildman–Crippen LogP) is 5.34. The minimum absolute atomic E-state index is 0.0873. The Morgan fingerprint density at radius 3 is 2.27 bits per heavy atom. The molecule has 1 saturated carbocycles. The lowest BCUT2D eigenvalue weighted by Crippen LogP contribution is -2.14. The van der Waals surface area contributed by atoms with Crippen LogP contribution in [0.4, 0.5) is 0 Å². The molecule has 1 fully saturated rings. The van der Waals surface area contributed by atoms with Gasteiger partial charge in [-0.1, -0.05) is 72.8 Å². The van der Waals surface area contributed by atoms with E-state index in [1.165, 1.54) is 11.1 Å². The Morgan fingerprint density at radius 1 is 1.15 bits per heavy atom. The number of carbonyl (C=O) groups is 1. The van der Waals surface area contributed by atoms with Crippen molar-refractivity contribution >= 4 is 5.97 Å². The second kappa shape index (κ2) is 8.35. The molecule has 2 nitrogen and oxygen atoms in total. The first-order valence-corrected chi connectivity index (χ1v) is 9.46. The molecule has 0 spiro atoms. The Kier molecular flexibility index (Phi) is 5.92. The van der Waals surface area contributed by atoms with Crippen molar-refractivity contribution in [2.75, 3.05) is 6.61 Å². The molecule has 0 amide bonds. The Morgan fingerprint density at radius 2 is 1.73 bits per heavy atom. The highest BCUT2D eigenvalue weighted by atomic mass is 16.5. The van der Waals surface area contributed by atoms with Gasteiger partial charge in [-0.25, -0.2) is 0 Å². The van der Waals surface area contributed by atoms with E-state index in [0.717, 1.165) is 19.3 Å². The van der Waals surface area contributed by atoms with Gasteiger partial charge >= 0.3 is 5.97 Å². The van der Waals surface area contributed by atoms with Crippen molar-refractivity contribution < 1.29 is 9.53 Å². The topological polar surface area (TPSA) is 26.3 Å². The standard InChI is InChI=1S/C24H27O2/c1-3-26-23(25)19(2)12-10-11-17-22-18-24(22,20-13-6-4-7-14-20)21-15-8-5-9-16-21/h4-9,11,13-17,19,22H,2-3,10,12,18H2,1H3/b17-11+. The van der Waals surface area contributed by atoms with Crippen LogP contribution in [0.1, 0.15) is 37.3 Å². The lowest BCUT2D eigenvalue weighted by atomic mass is 9.85. The molecule has 2 heteroatoms. The molecule has 0 saturated heterocycles. The van der Waals surface area contributed by atoms with Crippen LogP contribution in [0, 0.1) is 18.8 Å². The molecule has 26 heavy (non-hydrogen) atoms. The zero-order chi connectivity index (χ0) is 18.4. The van der Waals surface area contributed by atoms with Crippen LogP contribution in [0.2, 0.25) is 0 Å². The van der Waals surface area contributed by atoms with Gasteiger partial charge in [0.05, 0.1) is 12.5 Å². The summed E-state index contributed by atoms with van der Waals surface area (Å²) in [5, 5.41) is 0. The van der Waals surface area contributed by atoms with Crippen molar-refractivity contribution in [3.05, 3.63) is 90.9 Å². The van der Waals surface area contributed by atoms with E-state index in [1.807, 2.05) is 6.92 Å². The smallest absolute Gasteiger partial charge is 0.308 e. The summed E-state index contributed by atoms with van der Waals surface area (Å²) < 4.78 is 5.02. The first-order chi connectivity index (χ1) is 12.7. The van der Waals surface area contributed by atoms with E-state index in [1.54, 1.807) is 0 Å². The van der Waals surface area contributed by atoms with Gasteiger partial charge in [0.25, 0.3) is 0 Å². The zero-order valence-corrected chi connectivity index (χ0v) is 15.4. The molecule has 1 aliphatic carbocycles. The third-order valence-corrected chi connectivity index (χ3v) is 5.26. The molecule has 2 atom stereocenters. The van der Waals surface area contributed by atoms with Gasteiger partial charge in [-0.05, 0) is 50.2 Å². The van der Waals surface area contributed by atoms with E-state index in [2.05, 4.69) is 79.7 Å². The van der Waals surface area contributed by atoms with Gasteiger partial charge in [0.1, 0.15) is 0 Å². The average molecular weight is 347 g/mol. The van der Waals surface area contributed by atoms with Gasteiger partial charge in [0.15, 0.2) is 0 Å². The third-order valence-electron chi connectivity index (χ3n) is 5.26. The summed E-state index contributed by atoms with van der Waals surface area (Å²) in [6.45, 7) is 6.14. The maximum atomic E-state index is 11.6. The lowest BCUT2D eigenvalue weighted by Gasteiger charge is -2.18. The molecule has 0 aliphatic heterocycles. The summed E-state index contributed by atoms with van der Waals surface area (Å²) in [6.07, 6.45) is 7.23. The highest BCUT2D eigenvalue weighted by molar-refractivity contribution is 5.73. The average Bonchev–Trinajstić information content (AvgIpc) is 3.42. The number of hydrogen-bond acceptors (Lipinski definition) is 2. The second-order valence-electron chi connectivity index (χ2n) is 6.97. The molecular weight excluding hydrogens is 320 g/mol. The fourth-order valence-corrected chi connectivity index (χ4v) is 3.76. The first-order valence-electron chi connectivity index (χ1n) is 9.46. The van der Waals surface area contributed by atoms with Crippen molar-refractivity contribution in [1.29, 1.82) is 0 Å². The van der Waals surface area contributed by atoms with Crippen LogP contribution in [0.15, 0.2) is 72.8 Å². The molecule has 1 aliphatic rings. The summed E-state index contributed by atoms with van der Waals surface area (Å²) in [7, 11) is 0. The summed E-state index contributed by atoms with van der Waals surface area (Å²) in [5.74, 6) is 0.0141. The monoisotopic (exact) mass is 347 g/mol. The molecule has 2 aromatic rings. The highest BCUT2D eigenvalue weighted by Crippen LogP contribution is 2.59. The molecular formula is C24H27O2. The fourth-order valence-electron chi connectivity index (χ4n) is 3.76. The number of allylic oxidation sites excluding steroid dienone is 2. The Hall–Kier alpha value is -2.35. The predicted molar refractivity (Wildman–Crippen MR) is 106 cm³/mol. The third kappa shape index (κ3) is 3.90. The molecule has 1 radical (unpaired) electrons. The van der Waals surface area contributed by atoms with E-state index < -0.39 is 0 Å². The number of esters is 1. The largest absolute Gasteiger partial charge is 0.466 e. The maximum absolute atomic E-state index is 11.6. The SMILES string of the molecule is [CH2]C(CC/C=C/C1CC1(c1ccccc1)c1ccccc1)C(=O)OCC. The van der Waals surface area contributed by atoms with E-state index >= 15 is 0 Å². The highest BCUT2D eigenvalue weighted by Gasteiger charge is 2.54. The van der Waals surface area contributed by atoms with Crippen LogP contribution < -0.4 is 0 Å². The molecule has 0 heterocycles. The summed E-state index contributed by atoms with van der Waals surface area (Å²) >= 11 is 0. The van der Waals surface area contributed by atoms with Gasteiger partial charge < -0.3 is 4.74 Å². The van der Waals surface area contributed by atoms with Gasteiger partial charge in [0, 0.05) is 5.41 Å². The molecule has 2 aromatic carbocycles. The van der Waals surface area contributed by atoms with Crippen LogP contribution in [-0.4, -0.2) is 12.6 Å². The lowest BCUT2D eigenvalue weighted by molar-refractivity contribution is -0.146. The Labute approximate surface area is 156 Å². The number of hydrogen-bond donors (Lipinski definition) is 0. The van der Waals surface area contributed by atoms with Crippen molar-refractivity contribution in [3.63, 3.8) is 0 Å². The van der Waals surface area contributed by atoms with Gasteiger partial charge in [-0.2, -0.15) is 0 Å².